The minimum Gasteiger partial charge on any atom is -0.397 e. The lowest BCUT2D eigenvalue weighted by molar-refractivity contribution is -0.113. The van der Waals surface area contributed by atoms with Gasteiger partial charge in [0.1, 0.15) is 0 Å². The average molecular weight is 279 g/mol. The first-order chi connectivity index (χ1) is 9.08. The number of nitrogens with zero attached hydrogens (tertiary/aromatic N) is 2. The van der Waals surface area contributed by atoms with Gasteiger partial charge in [0.2, 0.25) is 5.91 Å². The molecule has 4 N–H and O–H groups in total. The second-order valence-electron chi connectivity index (χ2n) is 3.79. The Morgan fingerprint density at radius 1 is 1.53 bits per heavy atom. The fourth-order valence-corrected chi connectivity index (χ4v) is 2.11. The van der Waals surface area contributed by atoms with E-state index < -0.39 is 0 Å². The van der Waals surface area contributed by atoms with E-state index in [1.54, 1.807) is 31.3 Å². The number of nitrogens with one attached hydrogen (secondary N) is 2. The molecule has 2 aromatic rings. The molecule has 0 bridgehead atoms. The van der Waals surface area contributed by atoms with Crippen LogP contribution in [0.25, 0.3) is 0 Å². The van der Waals surface area contributed by atoms with E-state index in [-0.39, 0.29) is 17.3 Å². The van der Waals surface area contributed by atoms with Gasteiger partial charge in [0.25, 0.3) is 0 Å². The number of nitrogen functional groups attached to an aromatic ring is 1. The molecule has 0 atom stereocenters. The number of hydrogen-bond acceptors (Lipinski definition) is 5. The predicted octanol–water partition coefficient (Wildman–Crippen LogP) is 0.421. The summed E-state index contributed by atoms with van der Waals surface area (Å²) in [4.78, 5) is 22.9. The molecule has 0 aliphatic rings. The van der Waals surface area contributed by atoms with Gasteiger partial charge in [0.15, 0.2) is 5.16 Å². The van der Waals surface area contributed by atoms with Crippen LogP contribution in [0.3, 0.4) is 0 Å². The molecule has 1 aromatic carbocycles. The van der Waals surface area contributed by atoms with E-state index in [1.807, 2.05) is 0 Å². The van der Waals surface area contributed by atoms with Crippen LogP contribution in [0.15, 0.2) is 34.2 Å². The number of benzene rings is 1. The molecule has 100 valence electrons. The number of nitrogens with two attached hydrogens (primary N) is 1. The number of rotatable bonds is 4. The Bertz CT molecular complexity index is 649. The number of H-pyrrole nitrogens is 1. The van der Waals surface area contributed by atoms with E-state index >= 15 is 0 Å². The van der Waals surface area contributed by atoms with Gasteiger partial charge in [0.05, 0.1) is 17.1 Å². The zero-order valence-corrected chi connectivity index (χ0v) is 11.0. The summed E-state index contributed by atoms with van der Waals surface area (Å²) in [5.74, 6) is -0.0646. The monoisotopic (exact) mass is 279 g/mol. The molecule has 0 saturated carbocycles. The third kappa shape index (κ3) is 3.16. The number of anilines is 2. The summed E-state index contributed by atoms with van der Waals surface area (Å²) in [5.41, 5.74) is 6.49. The Morgan fingerprint density at radius 2 is 2.26 bits per heavy atom. The number of hydrogen-bond donors (Lipinski definition) is 3. The van der Waals surface area contributed by atoms with Crippen LogP contribution in [-0.2, 0) is 11.8 Å². The maximum absolute atomic E-state index is 11.7. The van der Waals surface area contributed by atoms with Gasteiger partial charge < -0.3 is 11.1 Å². The highest BCUT2D eigenvalue weighted by molar-refractivity contribution is 7.99. The Balaban J connectivity index is 1.94. The lowest BCUT2D eigenvalue weighted by atomic mass is 10.3. The zero-order valence-electron chi connectivity index (χ0n) is 10.2. The molecule has 1 heterocycles. The third-order valence-corrected chi connectivity index (χ3v) is 3.44. The summed E-state index contributed by atoms with van der Waals surface area (Å²) in [5, 5.41) is 9.26. The second-order valence-corrected chi connectivity index (χ2v) is 4.74. The van der Waals surface area contributed by atoms with E-state index in [0.29, 0.717) is 16.5 Å². The first-order valence-corrected chi connectivity index (χ1v) is 6.45. The number of aromatic nitrogens is 3. The standard InChI is InChI=1S/C11H13N5O2S/c1-16-10(18)14-15-11(16)19-6-9(17)13-8-5-3-2-4-7(8)12/h2-5H,6,12H2,1H3,(H,13,17)(H,14,18). The Labute approximate surface area is 113 Å². The first kappa shape index (κ1) is 13.2. The largest absolute Gasteiger partial charge is 0.397 e. The van der Waals surface area contributed by atoms with Crippen molar-refractivity contribution < 1.29 is 4.79 Å². The van der Waals surface area contributed by atoms with Gasteiger partial charge in [-0.15, -0.1) is 5.10 Å². The topological polar surface area (TPSA) is 106 Å². The Hall–Kier alpha value is -2.22. The summed E-state index contributed by atoms with van der Waals surface area (Å²) in [6.07, 6.45) is 0. The Kier molecular flexibility index (Phi) is 3.91. The molecule has 19 heavy (non-hydrogen) atoms. The van der Waals surface area contributed by atoms with E-state index in [2.05, 4.69) is 15.5 Å². The molecule has 8 heteroatoms. The van der Waals surface area contributed by atoms with Crippen molar-refractivity contribution in [3.8, 4) is 0 Å². The molecular weight excluding hydrogens is 266 g/mol. The highest BCUT2D eigenvalue weighted by atomic mass is 32.2. The Morgan fingerprint density at radius 3 is 2.89 bits per heavy atom. The fourth-order valence-electron chi connectivity index (χ4n) is 1.39. The van der Waals surface area contributed by atoms with E-state index in [0.717, 1.165) is 0 Å². The summed E-state index contributed by atoms with van der Waals surface area (Å²) in [6, 6.07) is 7.01. The van der Waals surface area contributed by atoms with E-state index in [9.17, 15) is 9.59 Å². The third-order valence-electron chi connectivity index (χ3n) is 2.41. The molecule has 0 spiro atoms. The van der Waals surface area contributed by atoms with E-state index in [4.69, 9.17) is 5.73 Å². The van der Waals surface area contributed by atoms with Gasteiger partial charge >= 0.3 is 5.69 Å². The van der Waals surface area contributed by atoms with Crippen LogP contribution in [0.4, 0.5) is 11.4 Å². The van der Waals surface area contributed by atoms with Crippen LogP contribution in [0, 0.1) is 0 Å². The van der Waals surface area contributed by atoms with Crippen LogP contribution in [0.1, 0.15) is 0 Å². The molecule has 0 radical (unpaired) electrons. The summed E-state index contributed by atoms with van der Waals surface area (Å²) < 4.78 is 1.34. The van der Waals surface area contributed by atoms with Crippen molar-refractivity contribution in [2.45, 2.75) is 5.16 Å². The quantitative estimate of drug-likeness (QED) is 0.555. The van der Waals surface area contributed by atoms with Crippen LogP contribution in [-0.4, -0.2) is 26.4 Å². The zero-order chi connectivity index (χ0) is 13.8. The van der Waals surface area contributed by atoms with Gasteiger partial charge in [-0.05, 0) is 12.1 Å². The normalized spacial score (nSPS) is 10.4. The van der Waals surface area contributed by atoms with Crippen molar-refractivity contribution in [3.63, 3.8) is 0 Å². The molecule has 1 amide bonds. The number of carbonyl (C=O) groups excluding carboxylic acids is 1. The molecule has 2 rings (SSSR count). The molecule has 7 nitrogen and oxygen atoms in total. The molecule has 0 fully saturated rings. The minimum absolute atomic E-state index is 0.145. The van der Waals surface area contributed by atoms with Crippen LogP contribution >= 0.6 is 11.8 Å². The minimum atomic E-state index is -0.310. The SMILES string of the molecule is Cn1c(SCC(=O)Nc2ccccc2N)n[nH]c1=O. The molecular formula is C11H13N5O2S. The molecule has 0 unspecified atom stereocenters. The van der Waals surface area contributed by atoms with Crippen molar-refractivity contribution in [3.05, 3.63) is 34.7 Å². The van der Waals surface area contributed by atoms with Gasteiger partial charge in [-0.3, -0.25) is 9.36 Å². The molecule has 0 aliphatic carbocycles. The number of para-hydroxylation sites is 2. The van der Waals surface area contributed by atoms with Crippen molar-refractivity contribution in [1.82, 2.24) is 14.8 Å². The van der Waals surface area contributed by atoms with Crippen LogP contribution < -0.4 is 16.7 Å². The van der Waals surface area contributed by atoms with E-state index in [1.165, 1.54) is 16.3 Å². The maximum Gasteiger partial charge on any atom is 0.343 e. The number of thioether (sulfide) groups is 1. The molecule has 0 aliphatic heterocycles. The van der Waals surface area contributed by atoms with Crippen LogP contribution in [0.5, 0.6) is 0 Å². The fraction of sp³-hybridized carbons (Fsp3) is 0.182. The lowest BCUT2D eigenvalue weighted by Crippen LogP contribution is -2.16. The maximum atomic E-state index is 11.7. The average Bonchev–Trinajstić information content (AvgIpc) is 2.70. The van der Waals surface area contributed by atoms with Crippen LogP contribution in [0.2, 0.25) is 0 Å². The lowest BCUT2D eigenvalue weighted by Gasteiger charge is -2.07. The number of amides is 1. The van der Waals surface area contributed by atoms with Crippen molar-refractivity contribution in [2.24, 2.45) is 7.05 Å². The highest BCUT2D eigenvalue weighted by Crippen LogP contribution is 2.18. The summed E-state index contributed by atoms with van der Waals surface area (Å²) >= 11 is 1.17. The van der Waals surface area contributed by atoms with Crippen molar-refractivity contribution >= 4 is 29.0 Å². The predicted molar refractivity (Wildman–Crippen MR) is 74.0 cm³/mol. The van der Waals surface area contributed by atoms with Crippen molar-refractivity contribution in [1.29, 1.82) is 0 Å². The highest BCUT2D eigenvalue weighted by Gasteiger charge is 2.09. The number of aromatic amines is 1. The van der Waals surface area contributed by atoms with Gasteiger partial charge in [-0.2, -0.15) is 0 Å². The van der Waals surface area contributed by atoms with Gasteiger partial charge in [-0.25, -0.2) is 9.89 Å². The summed E-state index contributed by atoms with van der Waals surface area (Å²) in [6.45, 7) is 0. The molecule has 0 saturated heterocycles. The van der Waals surface area contributed by atoms with Gasteiger partial charge in [0, 0.05) is 7.05 Å². The molecule has 1 aromatic heterocycles. The van der Waals surface area contributed by atoms with Crippen molar-refractivity contribution in [2.75, 3.05) is 16.8 Å². The smallest absolute Gasteiger partial charge is 0.343 e. The summed E-state index contributed by atoms with van der Waals surface area (Å²) in [7, 11) is 1.58. The first-order valence-electron chi connectivity index (χ1n) is 5.46. The number of carbonyl (C=O) groups is 1. The second kappa shape index (κ2) is 5.61. The van der Waals surface area contributed by atoms with Gasteiger partial charge in [-0.1, -0.05) is 23.9 Å².